The van der Waals surface area contributed by atoms with Crippen molar-refractivity contribution in [2.75, 3.05) is 7.11 Å². The van der Waals surface area contributed by atoms with E-state index in [1.54, 1.807) is 18.2 Å². The predicted octanol–water partition coefficient (Wildman–Crippen LogP) is 2.21. The van der Waals surface area contributed by atoms with Gasteiger partial charge in [0.05, 0.1) is 12.7 Å². The number of hydrogen-bond acceptors (Lipinski definition) is 5. The lowest BCUT2D eigenvalue weighted by Gasteiger charge is -2.02. The predicted molar refractivity (Wildman–Crippen MR) is 60.9 cm³/mol. The largest absolute Gasteiger partial charge is 0.465 e. The molecule has 0 fully saturated rings. The Labute approximate surface area is 99.3 Å². The Morgan fingerprint density at radius 3 is 2.59 bits per heavy atom. The van der Waals surface area contributed by atoms with Gasteiger partial charge in [-0.2, -0.15) is 0 Å². The van der Waals surface area contributed by atoms with Gasteiger partial charge in [0.2, 0.25) is 0 Å². The van der Waals surface area contributed by atoms with Crippen molar-refractivity contribution >= 4 is 5.97 Å². The number of benzene rings is 1. The van der Waals surface area contributed by atoms with E-state index in [2.05, 4.69) is 9.57 Å². The van der Waals surface area contributed by atoms with Crippen LogP contribution in [0.1, 0.15) is 29.8 Å². The molecule has 0 radical (unpaired) electrons. The van der Waals surface area contributed by atoms with Gasteiger partial charge in [-0.15, -0.1) is 10.1 Å². The summed E-state index contributed by atoms with van der Waals surface area (Å²) in [7, 11) is 1.27. The van der Waals surface area contributed by atoms with Crippen LogP contribution >= 0.6 is 0 Å². The lowest BCUT2D eigenvalue weighted by Crippen LogP contribution is -2.04. The van der Waals surface area contributed by atoms with Crippen molar-refractivity contribution in [3.05, 3.63) is 45.5 Å². The first-order chi connectivity index (χ1) is 8.13. The van der Waals surface area contributed by atoms with Crippen molar-refractivity contribution in [3.63, 3.8) is 0 Å². The minimum Gasteiger partial charge on any atom is -0.465 e. The van der Waals surface area contributed by atoms with Crippen molar-refractivity contribution < 1.29 is 19.5 Å². The van der Waals surface area contributed by atoms with Crippen LogP contribution in [-0.4, -0.2) is 18.2 Å². The topological polar surface area (TPSA) is 78.7 Å². The molecule has 0 aliphatic rings. The summed E-state index contributed by atoms with van der Waals surface area (Å²) in [4.78, 5) is 25.2. The molecule has 0 aliphatic heterocycles. The molecular weight excluding hydrogens is 226 g/mol. The second-order valence-corrected chi connectivity index (χ2v) is 2.69. The van der Waals surface area contributed by atoms with Crippen LogP contribution in [0.15, 0.2) is 24.3 Å². The third-order valence-corrected chi connectivity index (χ3v) is 1.68. The number of carbonyl (C=O) groups is 1. The van der Waals surface area contributed by atoms with Gasteiger partial charge in [-0.05, 0) is 17.7 Å². The molecule has 0 spiro atoms. The van der Waals surface area contributed by atoms with Crippen LogP contribution < -0.4 is 0 Å². The second-order valence-electron chi connectivity index (χ2n) is 2.69. The summed E-state index contributed by atoms with van der Waals surface area (Å²) in [6, 6.07) is 6.26. The molecule has 6 nitrogen and oxygen atoms in total. The molecule has 0 aliphatic carbocycles. The van der Waals surface area contributed by atoms with E-state index >= 15 is 0 Å². The van der Waals surface area contributed by atoms with Crippen LogP contribution in [-0.2, 0) is 16.2 Å². The van der Waals surface area contributed by atoms with E-state index in [4.69, 9.17) is 0 Å². The minimum atomic E-state index is -0.884. The van der Waals surface area contributed by atoms with E-state index in [1.807, 2.05) is 13.8 Å². The van der Waals surface area contributed by atoms with E-state index in [1.165, 1.54) is 13.2 Å². The first kappa shape index (κ1) is 14.9. The zero-order valence-electron chi connectivity index (χ0n) is 10.0. The molecule has 0 bridgehead atoms. The highest BCUT2D eigenvalue weighted by atomic mass is 16.9. The van der Waals surface area contributed by atoms with E-state index in [-0.39, 0.29) is 6.61 Å². The van der Waals surface area contributed by atoms with E-state index < -0.39 is 11.1 Å². The van der Waals surface area contributed by atoms with Gasteiger partial charge in [-0.3, -0.25) is 0 Å². The van der Waals surface area contributed by atoms with Gasteiger partial charge < -0.3 is 9.57 Å². The number of methoxy groups -OCH3 is 1. The molecule has 0 heterocycles. The highest BCUT2D eigenvalue weighted by molar-refractivity contribution is 5.89. The number of nitrogens with zero attached hydrogens (tertiary/aromatic N) is 1. The third-order valence-electron chi connectivity index (χ3n) is 1.68. The smallest absolute Gasteiger partial charge is 0.337 e. The second kappa shape index (κ2) is 8.09. The van der Waals surface area contributed by atoms with E-state index in [0.717, 1.165) is 0 Å². The fourth-order valence-electron chi connectivity index (χ4n) is 1.03. The van der Waals surface area contributed by atoms with Gasteiger partial charge in [0.1, 0.15) is 6.61 Å². The van der Waals surface area contributed by atoms with Crippen LogP contribution in [0.2, 0.25) is 0 Å². The van der Waals surface area contributed by atoms with Crippen molar-refractivity contribution in [1.82, 2.24) is 0 Å². The molecule has 1 aromatic carbocycles. The first-order valence-corrected chi connectivity index (χ1v) is 5.08. The van der Waals surface area contributed by atoms with Gasteiger partial charge in [-0.1, -0.05) is 26.0 Å². The van der Waals surface area contributed by atoms with E-state index in [9.17, 15) is 14.9 Å². The monoisotopic (exact) mass is 241 g/mol. The highest BCUT2D eigenvalue weighted by Crippen LogP contribution is 2.07. The molecule has 0 atom stereocenters. The third kappa shape index (κ3) is 5.50. The number of ether oxygens (including phenoxy) is 1. The standard InChI is InChI=1S/C9H9NO5.C2H6/c1-14-9(11)8-4-2-3-7(5-8)6-15-10(12)13;1-2/h2-5H,6H2,1H3;1-2H3. The highest BCUT2D eigenvalue weighted by Gasteiger charge is 2.06. The van der Waals surface area contributed by atoms with Crippen LogP contribution in [0.25, 0.3) is 0 Å². The maximum Gasteiger partial charge on any atom is 0.337 e. The molecule has 1 rings (SSSR count). The van der Waals surface area contributed by atoms with Crippen molar-refractivity contribution in [2.24, 2.45) is 0 Å². The summed E-state index contributed by atoms with van der Waals surface area (Å²) in [6.07, 6.45) is 0. The molecule has 0 saturated carbocycles. The lowest BCUT2D eigenvalue weighted by molar-refractivity contribution is -0.763. The summed E-state index contributed by atoms with van der Waals surface area (Å²) in [6.45, 7) is 3.82. The average Bonchev–Trinajstić information content (AvgIpc) is 2.38. The van der Waals surface area contributed by atoms with Gasteiger partial charge in [0.25, 0.3) is 5.09 Å². The van der Waals surface area contributed by atoms with Crippen molar-refractivity contribution in [3.8, 4) is 0 Å². The molecule has 17 heavy (non-hydrogen) atoms. The molecule has 1 aromatic rings. The Hall–Kier alpha value is -2.11. The SMILES string of the molecule is CC.COC(=O)c1cccc(CO[N+](=O)[O-])c1. The molecule has 0 aromatic heterocycles. The van der Waals surface area contributed by atoms with Crippen LogP contribution in [0.4, 0.5) is 0 Å². The lowest BCUT2D eigenvalue weighted by atomic mass is 10.1. The maximum atomic E-state index is 11.1. The molecule has 0 N–H and O–H groups in total. The summed E-state index contributed by atoms with van der Waals surface area (Å²) in [5.41, 5.74) is 0.872. The molecule has 0 unspecified atom stereocenters. The molecule has 94 valence electrons. The number of carbonyl (C=O) groups excluding carboxylic acids is 1. The molecule has 0 saturated heterocycles. The quantitative estimate of drug-likeness (QED) is 0.458. The Bertz CT molecular complexity index is 378. The summed E-state index contributed by atoms with van der Waals surface area (Å²) in [5.74, 6) is -0.488. The van der Waals surface area contributed by atoms with Gasteiger partial charge in [0, 0.05) is 0 Å². The van der Waals surface area contributed by atoms with E-state index in [0.29, 0.717) is 11.1 Å². The fourth-order valence-corrected chi connectivity index (χ4v) is 1.03. The van der Waals surface area contributed by atoms with Gasteiger partial charge >= 0.3 is 5.97 Å². The Morgan fingerprint density at radius 2 is 2.06 bits per heavy atom. The molecular formula is C11H15NO5. The number of esters is 1. The van der Waals surface area contributed by atoms with Crippen LogP contribution in [0.5, 0.6) is 0 Å². The van der Waals surface area contributed by atoms with Crippen molar-refractivity contribution in [1.29, 1.82) is 0 Å². The summed E-state index contributed by atoms with van der Waals surface area (Å²) >= 11 is 0. The van der Waals surface area contributed by atoms with Gasteiger partial charge in [-0.25, -0.2) is 4.79 Å². The van der Waals surface area contributed by atoms with Gasteiger partial charge in [0.15, 0.2) is 0 Å². The minimum absolute atomic E-state index is 0.183. The number of hydrogen-bond donors (Lipinski definition) is 0. The molecule has 6 heteroatoms. The van der Waals surface area contributed by atoms with Crippen LogP contribution in [0, 0.1) is 10.1 Å². The Balaban J connectivity index is 0.00000121. The fraction of sp³-hybridized carbons (Fsp3) is 0.364. The summed E-state index contributed by atoms with van der Waals surface area (Å²) < 4.78 is 4.50. The maximum absolute atomic E-state index is 11.1. The molecule has 0 amide bonds. The first-order valence-electron chi connectivity index (χ1n) is 5.08. The Kier molecular flexibility index (Phi) is 7.09. The number of rotatable bonds is 4. The average molecular weight is 241 g/mol. The zero-order chi connectivity index (χ0) is 13.3. The normalized spacial score (nSPS) is 8.65. The Morgan fingerprint density at radius 1 is 1.41 bits per heavy atom. The zero-order valence-corrected chi connectivity index (χ0v) is 10.0. The summed E-state index contributed by atoms with van der Waals surface area (Å²) in [5, 5.41) is 9.06. The van der Waals surface area contributed by atoms with Crippen LogP contribution in [0.3, 0.4) is 0 Å². The van der Waals surface area contributed by atoms with Crippen molar-refractivity contribution in [2.45, 2.75) is 20.5 Å².